The Hall–Kier alpha value is -1.97. The first-order valence-electron chi connectivity index (χ1n) is 5.82. The van der Waals surface area contributed by atoms with Gasteiger partial charge in [0.15, 0.2) is 11.3 Å². The van der Waals surface area contributed by atoms with Crippen LogP contribution in [0, 0.1) is 0 Å². The van der Waals surface area contributed by atoms with Crippen molar-refractivity contribution in [3.63, 3.8) is 0 Å². The molecule has 0 atom stereocenters. The Balaban J connectivity index is 2.02. The first kappa shape index (κ1) is 12.1. The fourth-order valence-electron chi connectivity index (χ4n) is 1.91. The van der Waals surface area contributed by atoms with Crippen LogP contribution in [0.3, 0.4) is 0 Å². The lowest BCUT2D eigenvalue weighted by atomic mass is 10.2. The number of halogens is 1. The molecule has 1 N–H and O–H groups in total. The van der Waals surface area contributed by atoms with Crippen molar-refractivity contribution in [2.24, 2.45) is 0 Å². The molecule has 2 aromatic carbocycles. The van der Waals surface area contributed by atoms with Gasteiger partial charge in [-0.15, -0.1) is 0 Å². The predicted molar refractivity (Wildman–Crippen MR) is 73.7 cm³/mol. The Morgan fingerprint density at radius 3 is 2.74 bits per heavy atom. The Kier molecular flexibility index (Phi) is 3.15. The summed E-state index contributed by atoms with van der Waals surface area (Å²) in [7, 11) is 0. The molecule has 4 heteroatoms. The van der Waals surface area contributed by atoms with Crippen LogP contribution < -0.4 is 4.74 Å². The molecule has 3 nitrogen and oxygen atoms in total. The third-order valence-corrected chi connectivity index (χ3v) is 2.97. The van der Waals surface area contributed by atoms with Crippen LogP contribution in [0.15, 0.2) is 52.9 Å². The molecule has 1 heterocycles. The summed E-state index contributed by atoms with van der Waals surface area (Å²) in [6.07, 6.45) is 0. The van der Waals surface area contributed by atoms with Gasteiger partial charge in [0.05, 0.1) is 0 Å². The average molecular weight is 275 g/mol. The van der Waals surface area contributed by atoms with Gasteiger partial charge in [-0.25, -0.2) is 0 Å². The molecule has 0 spiro atoms. The second-order valence-electron chi connectivity index (χ2n) is 4.10. The van der Waals surface area contributed by atoms with E-state index in [1.807, 2.05) is 30.3 Å². The van der Waals surface area contributed by atoms with Gasteiger partial charge in [-0.3, -0.25) is 0 Å². The van der Waals surface area contributed by atoms with Gasteiger partial charge in [0.2, 0.25) is 0 Å². The maximum Gasteiger partial charge on any atom is 0.176 e. The average Bonchev–Trinajstić information content (AvgIpc) is 2.83. The second-order valence-corrected chi connectivity index (χ2v) is 4.54. The molecule has 0 aliphatic carbocycles. The molecule has 0 unspecified atom stereocenters. The number of hydrogen-bond donors (Lipinski definition) is 1. The highest BCUT2D eigenvalue weighted by Crippen LogP contribution is 2.32. The Morgan fingerprint density at radius 2 is 1.95 bits per heavy atom. The standard InChI is InChI=1S/C15H11ClO3/c16-11-4-2-5-12(8-11)18-14-6-1-3-10-7-13(9-17)19-15(10)14/h1-8,17H,9H2. The number of aliphatic hydroxyl groups excluding tert-OH is 1. The first-order chi connectivity index (χ1) is 9.26. The molecular weight excluding hydrogens is 264 g/mol. The first-order valence-corrected chi connectivity index (χ1v) is 6.20. The molecule has 0 fully saturated rings. The van der Waals surface area contributed by atoms with Gasteiger partial charge in [0, 0.05) is 10.4 Å². The van der Waals surface area contributed by atoms with Crippen LogP contribution in [0.25, 0.3) is 11.0 Å². The number of benzene rings is 2. The minimum absolute atomic E-state index is 0.134. The van der Waals surface area contributed by atoms with Gasteiger partial charge < -0.3 is 14.3 Å². The smallest absolute Gasteiger partial charge is 0.176 e. The lowest BCUT2D eigenvalue weighted by molar-refractivity contribution is 0.250. The summed E-state index contributed by atoms with van der Waals surface area (Å²) in [5, 5.41) is 10.6. The van der Waals surface area contributed by atoms with Crippen LogP contribution in [0.2, 0.25) is 5.02 Å². The summed E-state index contributed by atoms with van der Waals surface area (Å²) in [4.78, 5) is 0. The molecular formula is C15H11ClO3. The fraction of sp³-hybridized carbons (Fsp3) is 0.0667. The number of para-hydroxylation sites is 1. The van der Waals surface area contributed by atoms with Crippen LogP contribution >= 0.6 is 11.6 Å². The zero-order valence-electron chi connectivity index (χ0n) is 9.97. The lowest BCUT2D eigenvalue weighted by Gasteiger charge is -2.06. The van der Waals surface area contributed by atoms with Crippen LogP contribution in [0.5, 0.6) is 11.5 Å². The monoisotopic (exact) mass is 274 g/mol. The highest BCUT2D eigenvalue weighted by atomic mass is 35.5. The van der Waals surface area contributed by atoms with Crippen LogP contribution in [-0.2, 0) is 6.61 Å². The molecule has 0 amide bonds. The van der Waals surface area contributed by atoms with E-state index in [9.17, 15) is 0 Å². The molecule has 1 aromatic heterocycles. The maximum atomic E-state index is 9.10. The summed E-state index contributed by atoms with van der Waals surface area (Å²) >= 11 is 5.92. The Bertz CT molecular complexity index is 718. The van der Waals surface area contributed by atoms with E-state index in [2.05, 4.69) is 0 Å². The largest absolute Gasteiger partial charge is 0.455 e. The summed E-state index contributed by atoms with van der Waals surface area (Å²) in [6, 6.07) is 14.5. The summed E-state index contributed by atoms with van der Waals surface area (Å²) in [6.45, 7) is -0.134. The summed E-state index contributed by atoms with van der Waals surface area (Å²) in [5.74, 6) is 1.75. The molecule has 0 saturated carbocycles. The number of hydrogen-bond acceptors (Lipinski definition) is 3. The van der Waals surface area contributed by atoms with Crippen molar-refractivity contribution in [2.45, 2.75) is 6.61 Å². The van der Waals surface area contributed by atoms with Crippen LogP contribution in [-0.4, -0.2) is 5.11 Å². The minimum Gasteiger partial charge on any atom is -0.455 e. The topological polar surface area (TPSA) is 42.6 Å². The van der Waals surface area contributed by atoms with Crippen molar-refractivity contribution >= 4 is 22.6 Å². The third kappa shape index (κ3) is 2.43. The molecule has 3 aromatic rings. The molecule has 96 valence electrons. The number of ether oxygens (including phenoxy) is 1. The molecule has 19 heavy (non-hydrogen) atoms. The van der Waals surface area contributed by atoms with Gasteiger partial charge in [-0.1, -0.05) is 29.8 Å². The second kappa shape index (κ2) is 4.96. The van der Waals surface area contributed by atoms with Crippen molar-refractivity contribution in [3.05, 3.63) is 59.3 Å². The van der Waals surface area contributed by atoms with E-state index in [0.29, 0.717) is 27.9 Å². The number of aliphatic hydroxyl groups is 1. The predicted octanol–water partition coefficient (Wildman–Crippen LogP) is 4.37. The van der Waals surface area contributed by atoms with Crippen molar-refractivity contribution in [1.82, 2.24) is 0 Å². The van der Waals surface area contributed by atoms with Gasteiger partial charge in [0.25, 0.3) is 0 Å². The van der Waals surface area contributed by atoms with Crippen molar-refractivity contribution in [3.8, 4) is 11.5 Å². The van der Waals surface area contributed by atoms with E-state index < -0.39 is 0 Å². The van der Waals surface area contributed by atoms with Gasteiger partial charge in [0.1, 0.15) is 18.1 Å². The van der Waals surface area contributed by atoms with Gasteiger partial charge in [-0.05, 0) is 30.3 Å². The van der Waals surface area contributed by atoms with E-state index in [0.717, 1.165) is 5.39 Å². The number of furan rings is 1. The molecule has 3 rings (SSSR count). The molecule has 0 saturated heterocycles. The summed E-state index contributed by atoms with van der Waals surface area (Å²) < 4.78 is 11.3. The highest BCUT2D eigenvalue weighted by Gasteiger charge is 2.09. The maximum absolute atomic E-state index is 9.10. The highest BCUT2D eigenvalue weighted by molar-refractivity contribution is 6.30. The van der Waals surface area contributed by atoms with Crippen LogP contribution in [0.1, 0.15) is 5.76 Å². The molecule has 0 aliphatic heterocycles. The molecule has 0 radical (unpaired) electrons. The van der Waals surface area contributed by atoms with E-state index >= 15 is 0 Å². The Labute approximate surface area is 115 Å². The lowest BCUT2D eigenvalue weighted by Crippen LogP contribution is -1.84. The van der Waals surface area contributed by atoms with Gasteiger partial charge >= 0.3 is 0 Å². The van der Waals surface area contributed by atoms with E-state index in [1.165, 1.54) is 0 Å². The zero-order chi connectivity index (χ0) is 13.2. The quantitative estimate of drug-likeness (QED) is 0.771. The van der Waals surface area contributed by atoms with E-state index in [1.54, 1.807) is 18.2 Å². The number of rotatable bonds is 3. The Morgan fingerprint density at radius 1 is 1.11 bits per heavy atom. The summed E-state index contributed by atoms with van der Waals surface area (Å²) in [5.41, 5.74) is 0.617. The minimum atomic E-state index is -0.134. The SMILES string of the molecule is OCc1cc2cccc(Oc3cccc(Cl)c3)c2o1. The van der Waals surface area contributed by atoms with E-state index in [-0.39, 0.29) is 6.61 Å². The number of fused-ring (bicyclic) bond motifs is 1. The van der Waals surface area contributed by atoms with Crippen molar-refractivity contribution < 1.29 is 14.3 Å². The zero-order valence-corrected chi connectivity index (χ0v) is 10.7. The fourth-order valence-corrected chi connectivity index (χ4v) is 2.09. The third-order valence-electron chi connectivity index (χ3n) is 2.74. The molecule has 0 bridgehead atoms. The van der Waals surface area contributed by atoms with Crippen molar-refractivity contribution in [2.75, 3.05) is 0 Å². The van der Waals surface area contributed by atoms with Crippen LogP contribution in [0.4, 0.5) is 0 Å². The normalized spacial score (nSPS) is 10.8. The van der Waals surface area contributed by atoms with Gasteiger partial charge in [-0.2, -0.15) is 0 Å². The molecule has 0 aliphatic rings. The van der Waals surface area contributed by atoms with E-state index in [4.69, 9.17) is 25.9 Å². The van der Waals surface area contributed by atoms with Crippen molar-refractivity contribution in [1.29, 1.82) is 0 Å².